The van der Waals surface area contributed by atoms with Gasteiger partial charge in [-0.1, -0.05) is 0 Å². The SMILES string of the molecule is Cc1ncc(O)c(CO)c1O.Cl. The van der Waals surface area contributed by atoms with Crippen molar-refractivity contribution in [3.05, 3.63) is 17.5 Å². The Labute approximate surface area is 75.9 Å². The predicted octanol–water partition coefficient (Wildman–Crippen LogP) is 0.715. The summed E-state index contributed by atoms with van der Waals surface area (Å²) in [4.78, 5) is 3.68. The van der Waals surface area contributed by atoms with Crippen LogP contribution < -0.4 is 0 Å². The van der Waals surface area contributed by atoms with Gasteiger partial charge in [-0.2, -0.15) is 0 Å². The van der Waals surface area contributed by atoms with Crippen LogP contribution in [0.4, 0.5) is 0 Å². The van der Waals surface area contributed by atoms with E-state index < -0.39 is 0 Å². The Morgan fingerprint density at radius 2 is 2.00 bits per heavy atom. The van der Waals surface area contributed by atoms with Crippen LogP contribution in [0.25, 0.3) is 0 Å². The van der Waals surface area contributed by atoms with Gasteiger partial charge in [-0.05, 0) is 6.92 Å². The molecule has 68 valence electrons. The van der Waals surface area contributed by atoms with E-state index in [9.17, 15) is 5.11 Å². The topological polar surface area (TPSA) is 73.6 Å². The van der Waals surface area contributed by atoms with E-state index in [1.54, 1.807) is 6.92 Å². The second-order valence-corrected chi connectivity index (χ2v) is 2.21. The van der Waals surface area contributed by atoms with Crippen LogP contribution in [0.1, 0.15) is 11.3 Å². The highest BCUT2D eigenvalue weighted by atomic mass is 35.5. The number of pyridine rings is 1. The average Bonchev–Trinajstić information content (AvgIpc) is 1.99. The van der Waals surface area contributed by atoms with Crippen molar-refractivity contribution < 1.29 is 15.3 Å². The number of aliphatic hydroxyl groups is 1. The van der Waals surface area contributed by atoms with Gasteiger partial charge in [0.1, 0.15) is 11.5 Å². The molecule has 0 aliphatic rings. The molecule has 0 fully saturated rings. The molecule has 1 aromatic rings. The van der Waals surface area contributed by atoms with E-state index in [2.05, 4.69) is 4.98 Å². The summed E-state index contributed by atoms with van der Waals surface area (Å²) in [5.74, 6) is -0.330. The van der Waals surface area contributed by atoms with Gasteiger partial charge in [0, 0.05) is 0 Å². The van der Waals surface area contributed by atoms with Gasteiger partial charge in [0.05, 0.1) is 24.1 Å². The summed E-state index contributed by atoms with van der Waals surface area (Å²) < 4.78 is 0. The molecule has 0 bridgehead atoms. The molecule has 0 atom stereocenters. The Hall–Kier alpha value is -1.00. The highest BCUT2D eigenvalue weighted by Gasteiger charge is 2.08. The summed E-state index contributed by atoms with van der Waals surface area (Å²) in [5, 5.41) is 26.9. The Balaban J connectivity index is 0.00000121. The van der Waals surface area contributed by atoms with Crippen molar-refractivity contribution in [1.82, 2.24) is 4.98 Å². The van der Waals surface area contributed by atoms with Crippen LogP contribution in [0.15, 0.2) is 6.20 Å². The molecule has 0 saturated carbocycles. The van der Waals surface area contributed by atoms with Crippen molar-refractivity contribution in [2.45, 2.75) is 13.5 Å². The van der Waals surface area contributed by atoms with Gasteiger partial charge in [-0.3, -0.25) is 4.98 Å². The zero-order valence-corrected chi connectivity index (χ0v) is 7.30. The Morgan fingerprint density at radius 1 is 1.42 bits per heavy atom. The predicted molar refractivity (Wildman–Crippen MR) is 45.5 cm³/mol. The van der Waals surface area contributed by atoms with Gasteiger partial charge in [-0.25, -0.2) is 0 Å². The van der Waals surface area contributed by atoms with Crippen LogP contribution in [0.5, 0.6) is 11.5 Å². The van der Waals surface area contributed by atoms with Crippen molar-refractivity contribution in [1.29, 1.82) is 0 Å². The molecule has 1 aromatic heterocycles. The largest absolute Gasteiger partial charge is 0.506 e. The summed E-state index contributed by atoms with van der Waals surface area (Å²) >= 11 is 0. The molecule has 1 rings (SSSR count). The lowest BCUT2D eigenvalue weighted by molar-refractivity contribution is 0.267. The summed E-state index contributed by atoms with van der Waals surface area (Å²) in [7, 11) is 0. The number of hydrogen-bond acceptors (Lipinski definition) is 4. The van der Waals surface area contributed by atoms with Crippen molar-refractivity contribution >= 4 is 12.4 Å². The first-order chi connectivity index (χ1) is 5.16. The van der Waals surface area contributed by atoms with E-state index in [-0.39, 0.29) is 36.1 Å². The van der Waals surface area contributed by atoms with Gasteiger partial charge >= 0.3 is 0 Å². The number of nitrogens with zero attached hydrogens (tertiary/aromatic N) is 1. The number of aliphatic hydroxyl groups excluding tert-OH is 1. The highest BCUT2D eigenvalue weighted by Crippen LogP contribution is 2.27. The minimum absolute atomic E-state index is 0. The summed E-state index contributed by atoms with van der Waals surface area (Å²) in [6.45, 7) is 1.20. The molecule has 5 heteroatoms. The normalized spacial score (nSPS) is 9.17. The Kier molecular flexibility index (Phi) is 3.79. The van der Waals surface area contributed by atoms with E-state index in [1.165, 1.54) is 6.20 Å². The summed E-state index contributed by atoms with van der Waals surface area (Å²) in [6, 6.07) is 0. The van der Waals surface area contributed by atoms with Crippen LogP contribution in [0.2, 0.25) is 0 Å². The van der Waals surface area contributed by atoms with E-state index in [1.807, 2.05) is 0 Å². The van der Waals surface area contributed by atoms with Crippen molar-refractivity contribution in [2.24, 2.45) is 0 Å². The average molecular weight is 192 g/mol. The van der Waals surface area contributed by atoms with Gasteiger partial charge in [0.15, 0.2) is 0 Å². The molecule has 0 spiro atoms. The minimum Gasteiger partial charge on any atom is -0.506 e. The third kappa shape index (κ3) is 1.78. The van der Waals surface area contributed by atoms with Crippen molar-refractivity contribution in [3.8, 4) is 11.5 Å². The third-order valence-electron chi connectivity index (χ3n) is 1.48. The van der Waals surface area contributed by atoms with Gasteiger partial charge in [-0.15, -0.1) is 12.4 Å². The lowest BCUT2D eigenvalue weighted by Crippen LogP contribution is -1.90. The first-order valence-electron chi connectivity index (χ1n) is 3.14. The monoisotopic (exact) mass is 191 g/mol. The summed E-state index contributed by atoms with van der Waals surface area (Å²) in [5.41, 5.74) is 0.518. The fourth-order valence-electron chi connectivity index (χ4n) is 0.793. The quantitative estimate of drug-likeness (QED) is 0.612. The van der Waals surface area contributed by atoms with Gasteiger partial charge < -0.3 is 15.3 Å². The number of rotatable bonds is 1. The number of halogens is 1. The van der Waals surface area contributed by atoms with E-state index in [0.29, 0.717) is 5.69 Å². The number of aromatic hydroxyl groups is 2. The molecule has 0 aliphatic carbocycles. The fourth-order valence-corrected chi connectivity index (χ4v) is 0.793. The molecule has 0 saturated heterocycles. The van der Waals surface area contributed by atoms with E-state index in [4.69, 9.17) is 10.2 Å². The van der Waals surface area contributed by atoms with E-state index >= 15 is 0 Å². The fraction of sp³-hybridized carbons (Fsp3) is 0.286. The zero-order valence-electron chi connectivity index (χ0n) is 6.48. The van der Waals surface area contributed by atoms with Crippen LogP contribution in [0, 0.1) is 6.92 Å². The third-order valence-corrected chi connectivity index (χ3v) is 1.48. The lowest BCUT2D eigenvalue weighted by Gasteiger charge is -2.04. The maximum Gasteiger partial charge on any atom is 0.146 e. The zero-order chi connectivity index (χ0) is 8.43. The minimum atomic E-state index is -0.388. The maximum atomic E-state index is 9.20. The first-order valence-corrected chi connectivity index (χ1v) is 3.14. The molecule has 1 heterocycles. The molecule has 0 aliphatic heterocycles. The molecule has 0 aromatic carbocycles. The number of aromatic nitrogens is 1. The van der Waals surface area contributed by atoms with Crippen molar-refractivity contribution in [2.75, 3.05) is 0 Å². The lowest BCUT2D eigenvalue weighted by atomic mass is 10.2. The van der Waals surface area contributed by atoms with Crippen LogP contribution >= 0.6 is 12.4 Å². The Bertz CT molecular complexity index is 278. The standard InChI is InChI=1S/C7H9NO3.ClH/c1-4-7(11)5(3-9)6(10)2-8-4;/h2,9-11H,3H2,1H3;1H. The molecular formula is C7H10ClNO3. The van der Waals surface area contributed by atoms with Crippen molar-refractivity contribution in [3.63, 3.8) is 0 Å². The summed E-state index contributed by atoms with van der Waals surface area (Å²) in [6.07, 6.45) is 1.20. The van der Waals surface area contributed by atoms with E-state index in [0.717, 1.165) is 0 Å². The van der Waals surface area contributed by atoms with Gasteiger partial charge in [0.2, 0.25) is 0 Å². The Morgan fingerprint density at radius 3 is 2.42 bits per heavy atom. The molecule has 4 nitrogen and oxygen atoms in total. The maximum absolute atomic E-state index is 9.20. The molecule has 0 unspecified atom stereocenters. The van der Waals surface area contributed by atoms with Crippen LogP contribution in [-0.4, -0.2) is 20.3 Å². The second kappa shape index (κ2) is 4.13. The molecule has 0 amide bonds. The number of hydrogen-bond donors (Lipinski definition) is 3. The molecule has 12 heavy (non-hydrogen) atoms. The molecule has 0 radical (unpaired) electrons. The highest BCUT2D eigenvalue weighted by molar-refractivity contribution is 5.85. The number of aryl methyl sites for hydroxylation is 1. The van der Waals surface area contributed by atoms with Crippen LogP contribution in [-0.2, 0) is 6.61 Å². The smallest absolute Gasteiger partial charge is 0.146 e. The first kappa shape index (κ1) is 11.0. The second-order valence-electron chi connectivity index (χ2n) is 2.21. The molecular weight excluding hydrogens is 182 g/mol. The molecule has 3 N–H and O–H groups in total. The van der Waals surface area contributed by atoms with Gasteiger partial charge in [0.25, 0.3) is 0 Å². The van der Waals surface area contributed by atoms with Crippen LogP contribution in [0.3, 0.4) is 0 Å².